The number of carbonyl (C=O) groups excluding carboxylic acids is 1. The van der Waals surface area contributed by atoms with Crippen LogP contribution in [0.1, 0.15) is 27.9 Å². The number of likely N-dealkylation sites (tertiary alicyclic amines) is 1. The van der Waals surface area contributed by atoms with Gasteiger partial charge in [0, 0.05) is 19.3 Å². The molecule has 1 fully saturated rings. The number of carboxylic acid groups (broad SMARTS) is 1. The van der Waals surface area contributed by atoms with E-state index in [1.165, 1.54) is 15.5 Å². The lowest BCUT2D eigenvalue weighted by atomic mass is 10.1. The van der Waals surface area contributed by atoms with Crippen LogP contribution in [0.25, 0.3) is 0 Å². The molecule has 2 aromatic rings. The second-order valence-corrected chi connectivity index (χ2v) is 6.42. The molecule has 0 spiro atoms. The number of hydrogen-bond acceptors (Lipinski definition) is 3. The van der Waals surface area contributed by atoms with Gasteiger partial charge < -0.3 is 14.6 Å². The van der Waals surface area contributed by atoms with Crippen LogP contribution in [-0.2, 0) is 11.3 Å². The van der Waals surface area contributed by atoms with E-state index in [2.05, 4.69) is 0 Å². The van der Waals surface area contributed by atoms with Crippen molar-refractivity contribution >= 4 is 24.3 Å². The fraction of sp³-hybridized carbons (Fsp3) is 0.316. The van der Waals surface area contributed by atoms with Crippen molar-refractivity contribution in [2.75, 3.05) is 13.1 Å². The first-order valence-corrected chi connectivity index (χ1v) is 8.23. The Morgan fingerprint density at radius 3 is 2.65 bits per heavy atom. The van der Waals surface area contributed by atoms with Crippen LogP contribution in [-0.4, -0.2) is 39.5 Å². The first-order valence-electron chi connectivity index (χ1n) is 8.23. The molecule has 1 amide bonds. The van der Waals surface area contributed by atoms with Gasteiger partial charge in [0.05, 0.1) is 12.5 Å². The molecule has 0 radical (unpaired) electrons. The smallest absolute Gasteiger partial charge is 0.308 e. The predicted octanol–water partition coefficient (Wildman–Crippen LogP) is 2.17. The summed E-state index contributed by atoms with van der Waals surface area (Å²) in [6.07, 6.45) is 2.08. The summed E-state index contributed by atoms with van der Waals surface area (Å²) in [6, 6.07) is 11.0. The third-order valence-electron chi connectivity index (χ3n) is 4.51. The predicted molar refractivity (Wildman–Crippen MR) is 99.9 cm³/mol. The molecule has 1 N–H and O–H groups in total. The quantitative estimate of drug-likeness (QED) is 0.886. The van der Waals surface area contributed by atoms with Crippen LogP contribution in [0.15, 0.2) is 47.4 Å². The number of halogens is 1. The van der Waals surface area contributed by atoms with Crippen molar-refractivity contribution in [1.82, 2.24) is 9.47 Å². The average molecular weight is 377 g/mol. The van der Waals surface area contributed by atoms with Gasteiger partial charge in [0.1, 0.15) is 5.56 Å². The summed E-state index contributed by atoms with van der Waals surface area (Å²) in [5.41, 5.74) is 1.82. The summed E-state index contributed by atoms with van der Waals surface area (Å²) in [7, 11) is 0. The Hall–Kier alpha value is -2.60. The average Bonchev–Trinajstić information content (AvgIpc) is 3.07. The van der Waals surface area contributed by atoms with Crippen molar-refractivity contribution < 1.29 is 14.7 Å². The Balaban J connectivity index is 0.00000243. The monoisotopic (exact) mass is 376 g/mol. The van der Waals surface area contributed by atoms with Crippen molar-refractivity contribution in [2.24, 2.45) is 5.92 Å². The van der Waals surface area contributed by atoms with E-state index in [-0.39, 0.29) is 30.1 Å². The molecule has 7 heteroatoms. The van der Waals surface area contributed by atoms with Crippen molar-refractivity contribution in [3.63, 3.8) is 0 Å². The van der Waals surface area contributed by atoms with Crippen LogP contribution < -0.4 is 5.56 Å². The summed E-state index contributed by atoms with van der Waals surface area (Å²) in [4.78, 5) is 37.8. The van der Waals surface area contributed by atoms with E-state index >= 15 is 0 Å². The Kier molecular flexibility index (Phi) is 6.21. The number of hydrogen-bond donors (Lipinski definition) is 1. The molecule has 0 bridgehead atoms. The lowest BCUT2D eigenvalue weighted by molar-refractivity contribution is -0.141. The molecule has 1 aliphatic rings. The van der Waals surface area contributed by atoms with E-state index in [1.54, 1.807) is 12.3 Å². The van der Waals surface area contributed by atoms with E-state index in [4.69, 9.17) is 5.11 Å². The number of aryl methyl sites for hydroxylation is 1. The highest BCUT2D eigenvalue weighted by atomic mass is 35.5. The van der Waals surface area contributed by atoms with Crippen molar-refractivity contribution in [2.45, 2.75) is 19.9 Å². The highest BCUT2D eigenvalue weighted by Crippen LogP contribution is 2.18. The van der Waals surface area contributed by atoms with Crippen LogP contribution in [0.3, 0.4) is 0 Å². The first-order chi connectivity index (χ1) is 12.0. The van der Waals surface area contributed by atoms with E-state index in [9.17, 15) is 14.4 Å². The van der Waals surface area contributed by atoms with E-state index in [1.807, 2.05) is 31.2 Å². The lowest BCUT2D eigenvalue weighted by Gasteiger charge is -2.16. The van der Waals surface area contributed by atoms with Gasteiger partial charge in [-0.05, 0) is 31.0 Å². The number of aromatic nitrogens is 1. The molecule has 26 heavy (non-hydrogen) atoms. The van der Waals surface area contributed by atoms with Crippen LogP contribution in [0.5, 0.6) is 0 Å². The van der Waals surface area contributed by atoms with Crippen LogP contribution in [0.2, 0.25) is 0 Å². The minimum atomic E-state index is -0.903. The maximum absolute atomic E-state index is 12.7. The van der Waals surface area contributed by atoms with Gasteiger partial charge >= 0.3 is 5.97 Å². The molecule has 1 saturated heterocycles. The number of carbonyl (C=O) groups is 2. The van der Waals surface area contributed by atoms with E-state index in [0.717, 1.165) is 11.1 Å². The Morgan fingerprint density at radius 1 is 1.23 bits per heavy atom. The van der Waals surface area contributed by atoms with Crippen molar-refractivity contribution in [3.05, 3.63) is 69.6 Å². The number of rotatable bonds is 4. The largest absolute Gasteiger partial charge is 0.481 e. The Morgan fingerprint density at radius 2 is 2.00 bits per heavy atom. The standard InChI is InChI=1S/C19H20N2O4.ClH/c1-13-4-2-5-14(10-13)11-20-8-3-6-16(17(20)22)18(23)21-9-7-15(12-21)19(24)25;/h2-6,8,10,15H,7,9,11-12H2,1H3,(H,24,25);1H. The minimum Gasteiger partial charge on any atom is -0.481 e. The molecule has 2 heterocycles. The Bertz CT molecular complexity index is 878. The number of benzene rings is 1. The zero-order valence-electron chi connectivity index (χ0n) is 14.4. The van der Waals surface area contributed by atoms with Gasteiger partial charge in [-0.2, -0.15) is 0 Å². The van der Waals surface area contributed by atoms with Gasteiger partial charge in [-0.3, -0.25) is 14.4 Å². The van der Waals surface area contributed by atoms with Gasteiger partial charge in [-0.15, -0.1) is 12.4 Å². The SMILES string of the molecule is Cc1cccc(Cn2cccc(C(=O)N3CCC(C(=O)O)C3)c2=O)c1.Cl. The topological polar surface area (TPSA) is 79.6 Å². The molecule has 1 aliphatic heterocycles. The lowest BCUT2D eigenvalue weighted by Crippen LogP contribution is -2.35. The molecule has 1 aromatic heterocycles. The summed E-state index contributed by atoms with van der Waals surface area (Å²) < 4.78 is 1.51. The summed E-state index contributed by atoms with van der Waals surface area (Å²) in [6.45, 7) is 2.89. The molecule has 0 saturated carbocycles. The highest BCUT2D eigenvalue weighted by molar-refractivity contribution is 5.94. The zero-order chi connectivity index (χ0) is 18.0. The van der Waals surface area contributed by atoms with Gasteiger partial charge in [0.2, 0.25) is 0 Å². The second kappa shape index (κ2) is 8.19. The van der Waals surface area contributed by atoms with Gasteiger partial charge in [-0.25, -0.2) is 0 Å². The molecule has 138 valence electrons. The van der Waals surface area contributed by atoms with Crippen molar-refractivity contribution in [1.29, 1.82) is 0 Å². The second-order valence-electron chi connectivity index (χ2n) is 6.42. The fourth-order valence-electron chi connectivity index (χ4n) is 3.15. The van der Waals surface area contributed by atoms with Gasteiger partial charge in [0.25, 0.3) is 11.5 Å². The highest BCUT2D eigenvalue weighted by Gasteiger charge is 2.32. The molecule has 1 aromatic carbocycles. The molecule has 1 unspecified atom stereocenters. The fourth-order valence-corrected chi connectivity index (χ4v) is 3.15. The number of amides is 1. The van der Waals surface area contributed by atoms with Crippen LogP contribution in [0.4, 0.5) is 0 Å². The Labute approximate surface area is 157 Å². The van der Waals surface area contributed by atoms with Crippen LogP contribution in [0, 0.1) is 12.8 Å². The summed E-state index contributed by atoms with van der Waals surface area (Å²) in [5, 5.41) is 9.06. The van der Waals surface area contributed by atoms with Gasteiger partial charge in [0.15, 0.2) is 0 Å². The summed E-state index contributed by atoms with van der Waals surface area (Å²) >= 11 is 0. The van der Waals surface area contributed by atoms with Gasteiger partial charge in [-0.1, -0.05) is 29.8 Å². The number of nitrogens with zero attached hydrogens (tertiary/aromatic N) is 2. The minimum absolute atomic E-state index is 0. The molecule has 0 aliphatic carbocycles. The number of pyridine rings is 1. The molecule has 3 rings (SSSR count). The molecular weight excluding hydrogens is 356 g/mol. The van der Waals surface area contributed by atoms with Crippen molar-refractivity contribution in [3.8, 4) is 0 Å². The molecule has 6 nitrogen and oxygen atoms in total. The maximum Gasteiger partial charge on any atom is 0.308 e. The summed E-state index contributed by atoms with van der Waals surface area (Å²) in [5.74, 6) is -1.85. The third kappa shape index (κ3) is 4.14. The maximum atomic E-state index is 12.7. The zero-order valence-corrected chi connectivity index (χ0v) is 15.2. The van der Waals surface area contributed by atoms with Crippen LogP contribution >= 0.6 is 12.4 Å². The molecular formula is C19H21ClN2O4. The van der Waals surface area contributed by atoms with E-state index < -0.39 is 17.8 Å². The third-order valence-corrected chi connectivity index (χ3v) is 4.51. The number of carboxylic acids is 1. The van der Waals surface area contributed by atoms with E-state index in [0.29, 0.717) is 19.5 Å². The first kappa shape index (κ1) is 19.7. The normalized spacial score (nSPS) is 16.2. The number of aliphatic carboxylic acids is 1. The molecule has 1 atom stereocenters.